The zero-order valence-corrected chi connectivity index (χ0v) is 11.4. The number of ether oxygens (including phenoxy) is 2. The van der Waals surface area contributed by atoms with Gasteiger partial charge in [0.1, 0.15) is 11.5 Å². The zero-order valence-electron chi connectivity index (χ0n) is 9.85. The zero-order chi connectivity index (χ0) is 13.1. The highest BCUT2D eigenvalue weighted by Gasteiger charge is 2.23. The van der Waals surface area contributed by atoms with Crippen LogP contribution in [0.1, 0.15) is 25.0 Å². The van der Waals surface area contributed by atoms with Crippen LogP contribution in [0.4, 0.5) is 0 Å². The summed E-state index contributed by atoms with van der Waals surface area (Å²) in [6.45, 7) is 2.05. The van der Waals surface area contributed by atoms with Crippen LogP contribution in [0.15, 0.2) is 34.5 Å². The molecule has 5 heteroatoms. The molecule has 0 fully saturated rings. The fourth-order valence-corrected chi connectivity index (χ4v) is 2.14. The molecule has 0 saturated heterocycles. The molecule has 18 heavy (non-hydrogen) atoms. The van der Waals surface area contributed by atoms with Crippen LogP contribution in [-0.4, -0.2) is 17.7 Å². The lowest BCUT2D eigenvalue weighted by Gasteiger charge is -2.24. The van der Waals surface area contributed by atoms with Crippen molar-refractivity contribution in [1.29, 1.82) is 0 Å². The van der Waals surface area contributed by atoms with Crippen LogP contribution in [0.2, 0.25) is 0 Å². The first-order chi connectivity index (χ1) is 8.60. The maximum Gasteiger partial charge on any atom is 0.334 e. The van der Waals surface area contributed by atoms with Gasteiger partial charge in [-0.05, 0) is 25.1 Å². The van der Waals surface area contributed by atoms with Crippen molar-refractivity contribution in [3.05, 3.63) is 40.1 Å². The Bertz CT molecular complexity index is 496. The first-order valence-corrected chi connectivity index (χ1v) is 6.42. The molecule has 0 amide bonds. The summed E-state index contributed by atoms with van der Waals surface area (Å²) < 4.78 is 11.2. The smallest absolute Gasteiger partial charge is 0.334 e. The van der Waals surface area contributed by atoms with Gasteiger partial charge in [-0.1, -0.05) is 15.9 Å². The summed E-state index contributed by atoms with van der Waals surface area (Å²) in [5.41, 5.74) is 0.713. The number of rotatable bonds is 2. The van der Waals surface area contributed by atoms with E-state index in [0.717, 1.165) is 4.47 Å². The molecule has 2 rings (SSSR count). The quantitative estimate of drug-likeness (QED) is 0.674. The van der Waals surface area contributed by atoms with Gasteiger partial charge in [-0.2, -0.15) is 0 Å². The molecule has 0 aromatic heterocycles. The standard InChI is InChI=1S/C13H13BrO4/c1-2-17-13(16)7-9-6-11(15)10-5-8(14)3-4-12(10)18-9/h3-5,7,11,15H,2,6H2,1H3/b9-7+/t11-/m1/s1. The SMILES string of the molecule is CCOC(=O)/C=C1\C[C@@H](O)c2cc(Br)ccc2O1. The summed E-state index contributed by atoms with van der Waals surface area (Å²) in [6, 6.07) is 5.38. The molecule has 1 aliphatic rings. The number of benzene rings is 1. The van der Waals surface area contributed by atoms with Crippen molar-refractivity contribution in [1.82, 2.24) is 0 Å². The van der Waals surface area contributed by atoms with E-state index in [1.165, 1.54) is 6.08 Å². The lowest BCUT2D eigenvalue weighted by molar-refractivity contribution is -0.137. The van der Waals surface area contributed by atoms with Gasteiger partial charge >= 0.3 is 5.97 Å². The Balaban J connectivity index is 2.23. The summed E-state index contributed by atoms with van der Waals surface area (Å²) in [6.07, 6.45) is 0.867. The van der Waals surface area contributed by atoms with Gasteiger partial charge in [0.25, 0.3) is 0 Å². The van der Waals surface area contributed by atoms with Crippen molar-refractivity contribution < 1.29 is 19.4 Å². The molecule has 1 aliphatic heterocycles. The fourth-order valence-electron chi connectivity index (χ4n) is 1.76. The molecule has 1 N–H and O–H groups in total. The molecule has 1 atom stereocenters. The molecular weight excluding hydrogens is 300 g/mol. The van der Waals surface area contributed by atoms with E-state index in [9.17, 15) is 9.90 Å². The number of halogens is 1. The molecule has 0 spiro atoms. The maximum absolute atomic E-state index is 11.3. The van der Waals surface area contributed by atoms with Crippen LogP contribution in [0.5, 0.6) is 5.75 Å². The van der Waals surface area contributed by atoms with Crippen molar-refractivity contribution in [3.63, 3.8) is 0 Å². The summed E-state index contributed by atoms with van der Waals surface area (Å²) in [5.74, 6) is 0.517. The molecule has 96 valence electrons. The highest BCUT2D eigenvalue weighted by molar-refractivity contribution is 9.10. The lowest BCUT2D eigenvalue weighted by atomic mass is 10.0. The first kappa shape index (κ1) is 13.1. The lowest BCUT2D eigenvalue weighted by Crippen LogP contribution is -2.14. The molecule has 0 bridgehead atoms. The Morgan fingerprint density at radius 3 is 3.17 bits per heavy atom. The number of esters is 1. The Labute approximate surface area is 113 Å². The Kier molecular flexibility index (Phi) is 4.04. The highest BCUT2D eigenvalue weighted by atomic mass is 79.9. The van der Waals surface area contributed by atoms with Crippen molar-refractivity contribution in [2.75, 3.05) is 6.61 Å². The van der Waals surface area contributed by atoms with Crippen LogP contribution in [0.3, 0.4) is 0 Å². The van der Waals surface area contributed by atoms with Crippen molar-refractivity contribution in [2.45, 2.75) is 19.4 Å². The van der Waals surface area contributed by atoms with E-state index in [1.807, 2.05) is 6.07 Å². The largest absolute Gasteiger partial charge is 0.463 e. The molecule has 0 unspecified atom stereocenters. The number of fused-ring (bicyclic) bond motifs is 1. The van der Waals surface area contributed by atoms with Crippen LogP contribution < -0.4 is 4.74 Å². The minimum Gasteiger partial charge on any atom is -0.463 e. The maximum atomic E-state index is 11.3. The number of carbonyl (C=O) groups excluding carboxylic acids is 1. The second kappa shape index (κ2) is 5.54. The molecule has 0 radical (unpaired) electrons. The van der Waals surface area contributed by atoms with Crippen LogP contribution in [0, 0.1) is 0 Å². The number of aliphatic hydroxyl groups excluding tert-OH is 1. The number of carbonyl (C=O) groups is 1. The third kappa shape index (κ3) is 2.91. The van der Waals surface area contributed by atoms with Gasteiger partial charge in [0.05, 0.1) is 18.8 Å². The van der Waals surface area contributed by atoms with Crippen LogP contribution >= 0.6 is 15.9 Å². The van der Waals surface area contributed by atoms with Crippen LogP contribution in [-0.2, 0) is 9.53 Å². The van der Waals surface area contributed by atoms with E-state index >= 15 is 0 Å². The second-order valence-corrected chi connectivity index (χ2v) is 4.78. The topological polar surface area (TPSA) is 55.8 Å². The Morgan fingerprint density at radius 2 is 2.44 bits per heavy atom. The second-order valence-electron chi connectivity index (χ2n) is 3.87. The van der Waals surface area contributed by atoms with Crippen molar-refractivity contribution in [2.24, 2.45) is 0 Å². The third-order valence-corrected chi connectivity index (χ3v) is 3.03. The first-order valence-electron chi connectivity index (χ1n) is 5.63. The molecule has 1 aromatic carbocycles. The highest BCUT2D eigenvalue weighted by Crippen LogP contribution is 2.37. The Morgan fingerprint density at radius 1 is 1.67 bits per heavy atom. The third-order valence-electron chi connectivity index (χ3n) is 2.53. The minimum atomic E-state index is -0.674. The predicted octanol–water partition coefficient (Wildman–Crippen LogP) is 2.71. The van der Waals surface area contributed by atoms with E-state index in [1.54, 1.807) is 19.1 Å². The van der Waals surface area contributed by atoms with Gasteiger partial charge in [-0.3, -0.25) is 0 Å². The van der Waals surface area contributed by atoms with Gasteiger partial charge in [0, 0.05) is 16.5 Å². The van der Waals surface area contributed by atoms with Gasteiger partial charge in [-0.15, -0.1) is 0 Å². The van der Waals surface area contributed by atoms with Gasteiger partial charge in [0.2, 0.25) is 0 Å². The van der Waals surface area contributed by atoms with Crippen molar-refractivity contribution in [3.8, 4) is 5.75 Å². The molecule has 0 saturated carbocycles. The van der Waals surface area contributed by atoms with Crippen LogP contribution in [0.25, 0.3) is 0 Å². The molecule has 0 aliphatic carbocycles. The predicted molar refractivity (Wildman–Crippen MR) is 69.1 cm³/mol. The monoisotopic (exact) mass is 312 g/mol. The van der Waals surface area contributed by atoms with E-state index < -0.39 is 12.1 Å². The van der Waals surface area contributed by atoms with E-state index in [0.29, 0.717) is 23.7 Å². The molecule has 4 nitrogen and oxygen atoms in total. The van der Waals surface area contributed by atoms with E-state index in [-0.39, 0.29) is 6.42 Å². The Hall–Kier alpha value is -1.33. The fraction of sp³-hybridized carbons (Fsp3) is 0.308. The number of hydrogen-bond donors (Lipinski definition) is 1. The van der Waals surface area contributed by atoms with Crippen molar-refractivity contribution >= 4 is 21.9 Å². The minimum absolute atomic E-state index is 0.266. The average molecular weight is 313 g/mol. The van der Waals surface area contributed by atoms with Gasteiger partial charge in [0.15, 0.2) is 0 Å². The normalized spacial score (nSPS) is 20.2. The van der Waals surface area contributed by atoms with Gasteiger partial charge < -0.3 is 14.6 Å². The molecule has 1 aromatic rings. The summed E-state index contributed by atoms with van der Waals surface area (Å²) >= 11 is 3.34. The number of hydrogen-bond acceptors (Lipinski definition) is 4. The summed E-state index contributed by atoms with van der Waals surface area (Å²) in [4.78, 5) is 11.3. The summed E-state index contributed by atoms with van der Waals surface area (Å²) in [5, 5.41) is 10.0. The van der Waals surface area contributed by atoms with Gasteiger partial charge in [-0.25, -0.2) is 4.79 Å². The van der Waals surface area contributed by atoms with E-state index in [2.05, 4.69) is 15.9 Å². The van der Waals surface area contributed by atoms with E-state index in [4.69, 9.17) is 9.47 Å². The summed E-state index contributed by atoms with van der Waals surface area (Å²) in [7, 11) is 0. The molecular formula is C13H13BrO4. The average Bonchev–Trinajstić information content (AvgIpc) is 2.30. The molecule has 1 heterocycles. The number of aliphatic hydroxyl groups is 1.